The van der Waals surface area contributed by atoms with Crippen molar-refractivity contribution in [3.63, 3.8) is 0 Å². The molecule has 4 nitrogen and oxygen atoms in total. The molecule has 0 radical (unpaired) electrons. The van der Waals surface area contributed by atoms with Crippen molar-refractivity contribution in [1.82, 2.24) is 4.57 Å². The van der Waals surface area contributed by atoms with Gasteiger partial charge in [0.15, 0.2) is 0 Å². The van der Waals surface area contributed by atoms with Crippen LogP contribution in [-0.2, 0) is 6.54 Å². The van der Waals surface area contributed by atoms with Gasteiger partial charge in [-0.15, -0.1) is 16.4 Å². The Morgan fingerprint density at radius 1 is 1.12 bits per heavy atom. The van der Waals surface area contributed by atoms with Gasteiger partial charge in [-0.2, -0.15) is 5.10 Å². The first-order valence-electron chi connectivity index (χ1n) is 7.86. The van der Waals surface area contributed by atoms with Gasteiger partial charge in [0.25, 0.3) is 0 Å². The molecule has 0 aliphatic heterocycles. The summed E-state index contributed by atoms with van der Waals surface area (Å²) in [4.78, 5) is 0.859. The summed E-state index contributed by atoms with van der Waals surface area (Å²) in [6.45, 7) is 2.91. The maximum absolute atomic E-state index is 5.97. The second-order valence-electron chi connectivity index (χ2n) is 5.27. The summed E-state index contributed by atoms with van der Waals surface area (Å²) < 4.78 is 7.29. The van der Waals surface area contributed by atoms with Crippen LogP contribution in [0.1, 0.15) is 12.5 Å². The Morgan fingerprint density at radius 3 is 2.48 bits per heavy atom. The van der Waals surface area contributed by atoms with Crippen molar-refractivity contribution < 1.29 is 4.74 Å². The maximum Gasteiger partial charge on any atom is 0.211 e. The minimum Gasteiger partial charge on any atom is -0.497 e. The molecular weight excluding hydrogens is 354 g/mol. The van der Waals surface area contributed by atoms with Crippen molar-refractivity contribution in [3.05, 3.63) is 69.3 Å². The third kappa shape index (κ3) is 4.18. The zero-order valence-electron chi connectivity index (χ0n) is 14.0. The Morgan fingerprint density at radius 2 is 1.84 bits per heavy atom. The van der Waals surface area contributed by atoms with Gasteiger partial charge < -0.3 is 9.30 Å². The molecule has 0 atom stereocenters. The van der Waals surface area contributed by atoms with Crippen molar-refractivity contribution in [2.45, 2.75) is 13.5 Å². The Bertz CT molecular complexity index is 925. The van der Waals surface area contributed by atoms with Gasteiger partial charge in [0.1, 0.15) is 5.75 Å². The summed E-state index contributed by atoms with van der Waals surface area (Å²) in [5.41, 5.74) is 3.20. The van der Waals surface area contributed by atoms with Crippen molar-refractivity contribution in [2.24, 2.45) is 10.2 Å². The van der Waals surface area contributed by atoms with E-state index in [-0.39, 0.29) is 0 Å². The summed E-state index contributed by atoms with van der Waals surface area (Å²) in [6, 6.07) is 15.5. The third-order valence-corrected chi connectivity index (χ3v) is 4.83. The van der Waals surface area contributed by atoms with Gasteiger partial charge in [-0.1, -0.05) is 23.7 Å². The minimum absolute atomic E-state index is 0.732. The van der Waals surface area contributed by atoms with Crippen molar-refractivity contribution in [3.8, 4) is 17.0 Å². The summed E-state index contributed by atoms with van der Waals surface area (Å²) in [6.07, 6.45) is 1.74. The van der Waals surface area contributed by atoms with Gasteiger partial charge in [-0.3, -0.25) is 0 Å². The van der Waals surface area contributed by atoms with Crippen LogP contribution in [0.4, 0.5) is 0 Å². The molecule has 0 saturated heterocycles. The van der Waals surface area contributed by atoms with E-state index in [9.17, 15) is 0 Å². The molecule has 25 heavy (non-hydrogen) atoms. The minimum atomic E-state index is 0.732. The average Bonchev–Trinajstić information content (AvgIpc) is 3.06. The molecule has 0 aliphatic carbocycles. The summed E-state index contributed by atoms with van der Waals surface area (Å²) in [7, 11) is 1.65. The normalized spacial score (nSPS) is 12.0. The number of thiazole rings is 1. The van der Waals surface area contributed by atoms with E-state index in [0.717, 1.165) is 38.9 Å². The fourth-order valence-electron chi connectivity index (χ4n) is 2.40. The van der Waals surface area contributed by atoms with Gasteiger partial charge in [-0.05, 0) is 54.4 Å². The highest BCUT2D eigenvalue weighted by atomic mass is 35.5. The molecule has 6 heteroatoms. The van der Waals surface area contributed by atoms with Crippen LogP contribution in [0.5, 0.6) is 5.75 Å². The Balaban J connectivity index is 1.87. The van der Waals surface area contributed by atoms with E-state index in [1.807, 2.05) is 48.5 Å². The molecule has 0 unspecified atom stereocenters. The Hall–Kier alpha value is -2.37. The zero-order chi connectivity index (χ0) is 17.6. The molecule has 1 heterocycles. The Kier molecular flexibility index (Phi) is 5.68. The van der Waals surface area contributed by atoms with Crippen LogP contribution in [0.2, 0.25) is 5.02 Å². The lowest BCUT2D eigenvalue weighted by molar-refractivity contribution is 0.415. The van der Waals surface area contributed by atoms with Crippen LogP contribution in [0.25, 0.3) is 11.3 Å². The maximum atomic E-state index is 5.97. The van der Waals surface area contributed by atoms with E-state index < -0.39 is 0 Å². The van der Waals surface area contributed by atoms with Crippen LogP contribution in [0.15, 0.2) is 64.1 Å². The number of hydrogen-bond donors (Lipinski definition) is 0. The van der Waals surface area contributed by atoms with Crippen LogP contribution in [0.3, 0.4) is 0 Å². The largest absolute Gasteiger partial charge is 0.497 e. The highest BCUT2D eigenvalue weighted by molar-refractivity contribution is 7.07. The van der Waals surface area contributed by atoms with Crippen molar-refractivity contribution in [1.29, 1.82) is 0 Å². The van der Waals surface area contributed by atoms with E-state index in [1.165, 1.54) is 0 Å². The summed E-state index contributed by atoms with van der Waals surface area (Å²) in [5.74, 6) is 0.823. The number of rotatable bonds is 5. The van der Waals surface area contributed by atoms with E-state index >= 15 is 0 Å². The molecule has 3 aromatic rings. The van der Waals surface area contributed by atoms with Gasteiger partial charge in [0.2, 0.25) is 4.80 Å². The van der Waals surface area contributed by atoms with Crippen LogP contribution in [-0.4, -0.2) is 17.9 Å². The zero-order valence-corrected chi connectivity index (χ0v) is 15.6. The van der Waals surface area contributed by atoms with Gasteiger partial charge in [-0.25, -0.2) is 0 Å². The Labute approximate surface area is 155 Å². The number of hydrogen-bond acceptors (Lipinski definition) is 4. The van der Waals surface area contributed by atoms with E-state index in [2.05, 4.69) is 27.1 Å². The molecule has 0 spiro atoms. The number of aromatic nitrogens is 1. The van der Waals surface area contributed by atoms with Crippen molar-refractivity contribution >= 4 is 29.2 Å². The predicted octanol–water partition coefficient (Wildman–Crippen LogP) is 4.83. The van der Waals surface area contributed by atoms with Gasteiger partial charge in [0, 0.05) is 16.9 Å². The van der Waals surface area contributed by atoms with E-state index in [4.69, 9.17) is 16.3 Å². The molecule has 0 saturated carbocycles. The topological polar surface area (TPSA) is 38.9 Å². The number of ether oxygens (including phenoxy) is 1. The first-order valence-corrected chi connectivity index (χ1v) is 9.12. The third-order valence-electron chi connectivity index (χ3n) is 3.72. The lowest BCUT2D eigenvalue weighted by Gasteiger charge is -2.05. The second-order valence-corrected chi connectivity index (χ2v) is 6.55. The van der Waals surface area contributed by atoms with Gasteiger partial charge in [0.05, 0.1) is 19.0 Å². The molecule has 3 rings (SSSR count). The second kappa shape index (κ2) is 8.14. The molecular formula is C19H18ClN3OS. The quantitative estimate of drug-likeness (QED) is 0.467. The highest BCUT2D eigenvalue weighted by Crippen LogP contribution is 2.22. The smallest absolute Gasteiger partial charge is 0.211 e. The van der Waals surface area contributed by atoms with E-state index in [1.54, 1.807) is 24.7 Å². The number of halogens is 1. The number of benzene rings is 2. The molecule has 0 fully saturated rings. The lowest BCUT2D eigenvalue weighted by Crippen LogP contribution is -2.14. The van der Waals surface area contributed by atoms with Crippen LogP contribution < -0.4 is 9.54 Å². The monoisotopic (exact) mass is 371 g/mol. The molecule has 0 amide bonds. The van der Waals surface area contributed by atoms with Crippen LogP contribution >= 0.6 is 22.9 Å². The molecule has 0 bridgehead atoms. The summed E-state index contributed by atoms with van der Waals surface area (Å²) in [5, 5.41) is 11.4. The molecule has 0 aliphatic rings. The molecule has 0 N–H and O–H groups in total. The van der Waals surface area contributed by atoms with Crippen molar-refractivity contribution in [2.75, 3.05) is 7.11 Å². The van der Waals surface area contributed by atoms with Gasteiger partial charge >= 0.3 is 0 Å². The van der Waals surface area contributed by atoms with E-state index in [0.29, 0.717) is 0 Å². The average molecular weight is 372 g/mol. The molecule has 128 valence electrons. The fourth-order valence-corrected chi connectivity index (χ4v) is 3.46. The number of nitrogens with zero attached hydrogens (tertiary/aromatic N) is 3. The SMILES string of the molecule is CCn1c(-c2ccc(Cl)cc2)cs/c1=N\N=C/c1ccc(OC)cc1. The first kappa shape index (κ1) is 17.5. The summed E-state index contributed by atoms with van der Waals surface area (Å²) >= 11 is 7.54. The number of methoxy groups -OCH3 is 1. The standard InChI is InChI=1S/C19H18ClN3OS/c1-3-23-18(15-6-8-16(20)9-7-15)13-25-19(23)22-21-12-14-4-10-17(24-2)11-5-14/h4-13H,3H2,1-2H3/b21-12-,22-19-. The molecule has 2 aromatic carbocycles. The lowest BCUT2D eigenvalue weighted by atomic mass is 10.2. The van der Waals surface area contributed by atoms with Crippen LogP contribution in [0, 0.1) is 0 Å². The predicted molar refractivity (Wildman–Crippen MR) is 105 cm³/mol. The fraction of sp³-hybridized carbons (Fsp3) is 0.158. The first-order chi connectivity index (χ1) is 12.2. The highest BCUT2D eigenvalue weighted by Gasteiger charge is 2.06. The molecule has 1 aromatic heterocycles.